The SMILES string of the molecule is CNCc1[nH]nc2cccc(OCc3ccc(C(C)(C)C)cc3)c12. The summed E-state index contributed by atoms with van der Waals surface area (Å²) in [6, 6.07) is 14.6. The van der Waals surface area contributed by atoms with E-state index in [1.807, 2.05) is 25.2 Å². The van der Waals surface area contributed by atoms with Gasteiger partial charge < -0.3 is 10.1 Å². The highest BCUT2D eigenvalue weighted by Gasteiger charge is 2.13. The summed E-state index contributed by atoms with van der Waals surface area (Å²) < 4.78 is 6.09. The van der Waals surface area contributed by atoms with Gasteiger partial charge in [0.05, 0.1) is 16.6 Å². The molecular formula is C20H25N3O. The Morgan fingerprint density at radius 1 is 1.08 bits per heavy atom. The van der Waals surface area contributed by atoms with E-state index >= 15 is 0 Å². The van der Waals surface area contributed by atoms with Crippen molar-refractivity contribution < 1.29 is 4.74 Å². The van der Waals surface area contributed by atoms with Crippen molar-refractivity contribution in [2.75, 3.05) is 7.05 Å². The largest absolute Gasteiger partial charge is 0.488 e. The number of aromatic amines is 1. The van der Waals surface area contributed by atoms with Gasteiger partial charge in [-0.15, -0.1) is 0 Å². The first-order valence-electron chi connectivity index (χ1n) is 8.32. The molecule has 0 saturated heterocycles. The fraction of sp³-hybridized carbons (Fsp3) is 0.350. The van der Waals surface area contributed by atoms with Crippen LogP contribution in [-0.2, 0) is 18.6 Å². The Labute approximate surface area is 143 Å². The molecule has 4 heteroatoms. The van der Waals surface area contributed by atoms with Crippen molar-refractivity contribution in [2.24, 2.45) is 0 Å². The van der Waals surface area contributed by atoms with Gasteiger partial charge in [-0.05, 0) is 35.7 Å². The lowest BCUT2D eigenvalue weighted by atomic mass is 9.87. The van der Waals surface area contributed by atoms with Gasteiger partial charge in [-0.25, -0.2) is 0 Å². The third-order valence-electron chi connectivity index (χ3n) is 4.19. The molecule has 2 aromatic carbocycles. The molecule has 24 heavy (non-hydrogen) atoms. The normalized spacial score (nSPS) is 11.8. The van der Waals surface area contributed by atoms with Gasteiger partial charge in [-0.3, -0.25) is 5.10 Å². The van der Waals surface area contributed by atoms with Crippen LogP contribution < -0.4 is 10.1 Å². The molecule has 0 amide bonds. The summed E-state index contributed by atoms with van der Waals surface area (Å²) in [6.45, 7) is 7.95. The average Bonchev–Trinajstić information content (AvgIpc) is 2.97. The number of ether oxygens (including phenoxy) is 1. The van der Waals surface area contributed by atoms with Crippen molar-refractivity contribution in [2.45, 2.75) is 39.3 Å². The van der Waals surface area contributed by atoms with Crippen molar-refractivity contribution in [1.29, 1.82) is 0 Å². The molecule has 0 bridgehead atoms. The lowest BCUT2D eigenvalue weighted by Crippen LogP contribution is -2.10. The smallest absolute Gasteiger partial charge is 0.131 e. The molecule has 0 aliphatic rings. The summed E-state index contributed by atoms with van der Waals surface area (Å²) in [5.74, 6) is 0.867. The zero-order valence-electron chi connectivity index (χ0n) is 14.8. The third-order valence-corrected chi connectivity index (χ3v) is 4.19. The highest BCUT2D eigenvalue weighted by atomic mass is 16.5. The van der Waals surface area contributed by atoms with Crippen molar-refractivity contribution in [3.63, 3.8) is 0 Å². The molecule has 0 spiro atoms. The number of benzene rings is 2. The average molecular weight is 323 g/mol. The Morgan fingerprint density at radius 2 is 1.83 bits per heavy atom. The van der Waals surface area contributed by atoms with E-state index in [1.54, 1.807) is 0 Å². The molecule has 0 atom stereocenters. The monoisotopic (exact) mass is 323 g/mol. The lowest BCUT2D eigenvalue weighted by Gasteiger charge is -2.19. The highest BCUT2D eigenvalue weighted by Crippen LogP contribution is 2.28. The van der Waals surface area contributed by atoms with E-state index in [-0.39, 0.29) is 5.41 Å². The quantitative estimate of drug-likeness (QED) is 0.741. The Kier molecular flexibility index (Phi) is 4.58. The van der Waals surface area contributed by atoms with Crippen LogP contribution in [0.4, 0.5) is 0 Å². The second-order valence-corrected chi connectivity index (χ2v) is 7.12. The van der Waals surface area contributed by atoms with Crippen LogP contribution in [0.2, 0.25) is 0 Å². The van der Waals surface area contributed by atoms with E-state index < -0.39 is 0 Å². The van der Waals surface area contributed by atoms with Crippen LogP contribution in [0, 0.1) is 0 Å². The van der Waals surface area contributed by atoms with E-state index in [0.717, 1.165) is 28.9 Å². The van der Waals surface area contributed by atoms with Crippen LogP contribution >= 0.6 is 0 Å². The zero-order valence-corrected chi connectivity index (χ0v) is 14.8. The molecule has 4 nitrogen and oxygen atoms in total. The van der Waals surface area contributed by atoms with Crippen molar-refractivity contribution in [1.82, 2.24) is 15.5 Å². The minimum Gasteiger partial charge on any atom is -0.488 e. The molecule has 2 N–H and O–H groups in total. The zero-order chi connectivity index (χ0) is 17.2. The number of rotatable bonds is 5. The van der Waals surface area contributed by atoms with Gasteiger partial charge in [-0.2, -0.15) is 5.10 Å². The molecule has 1 aromatic heterocycles. The van der Waals surface area contributed by atoms with Gasteiger partial charge in [0.2, 0.25) is 0 Å². The molecular weight excluding hydrogens is 298 g/mol. The van der Waals surface area contributed by atoms with Crippen LogP contribution in [0.1, 0.15) is 37.6 Å². The minimum atomic E-state index is 0.170. The standard InChI is InChI=1S/C20H25N3O/c1-20(2,3)15-10-8-14(9-11-15)13-24-18-7-5-6-16-19(18)17(12-21-4)23-22-16/h5-11,21H,12-13H2,1-4H3,(H,22,23). The molecule has 126 valence electrons. The molecule has 0 aliphatic carbocycles. The van der Waals surface area contributed by atoms with E-state index in [9.17, 15) is 0 Å². The Hall–Kier alpha value is -2.33. The summed E-state index contributed by atoms with van der Waals surface area (Å²) in [5.41, 5.74) is 4.65. The number of fused-ring (bicyclic) bond motifs is 1. The first kappa shape index (κ1) is 16.5. The molecule has 0 radical (unpaired) electrons. The molecule has 3 aromatic rings. The number of H-pyrrole nitrogens is 1. The van der Waals surface area contributed by atoms with Gasteiger partial charge in [0.1, 0.15) is 12.4 Å². The van der Waals surface area contributed by atoms with E-state index in [2.05, 4.69) is 60.6 Å². The van der Waals surface area contributed by atoms with Gasteiger partial charge in [0, 0.05) is 6.54 Å². The van der Waals surface area contributed by atoms with Crippen molar-refractivity contribution in [3.8, 4) is 5.75 Å². The van der Waals surface area contributed by atoms with Crippen LogP contribution in [0.25, 0.3) is 10.9 Å². The van der Waals surface area contributed by atoms with Gasteiger partial charge in [0.25, 0.3) is 0 Å². The minimum absolute atomic E-state index is 0.170. The first-order chi connectivity index (χ1) is 11.5. The molecule has 0 aliphatic heterocycles. The summed E-state index contributed by atoms with van der Waals surface area (Å²) in [7, 11) is 1.92. The van der Waals surface area contributed by atoms with Crippen LogP contribution in [0.15, 0.2) is 42.5 Å². The van der Waals surface area contributed by atoms with E-state index in [4.69, 9.17) is 4.74 Å². The van der Waals surface area contributed by atoms with Crippen LogP contribution in [0.3, 0.4) is 0 Å². The maximum atomic E-state index is 6.09. The lowest BCUT2D eigenvalue weighted by molar-refractivity contribution is 0.310. The number of nitrogens with one attached hydrogen (secondary N) is 2. The predicted octanol–water partition coefficient (Wildman–Crippen LogP) is 4.16. The number of hydrogen-bond acceptors (Lipinski definition) is 3. The molecule has 3 rings (SSSR count). The number of aromatic nitrogens is 2. The fourth-order valence-corrected chi connectivity index (χ4v) is 2.79. The van der Waals surface area contributed by atoms with E-state index in [1.165, 1.54) is 11.1 Å². The maximum Gasteiger partial charge on any atom is 0.131 e. The molecule has 0 unspecified atom stereocenters. The summed E-state index contributed by atoms with van der Waals surface area (Å²) >= 11 is 0. The number of hydrogen-bond donors (Lipinski definition) is 2. The van der Waals surface area contributed by atoms with Crippen LogP contribution in [0.5, 0.6) is 5.75 Å². The molecule has 0 fully saturated rings. The predicted molar refractivity (Wildman–Crippen MR) is 98.3 cm³/mol. The molecule has 0 saturated carbocycles. The third kappa shape index (κ3) is 3.44. The maximum absolute atomic E-state index is 6.09. The summed E-state index contributed by atoms with van der Waals surface area (Å²) in [6.07, 6.45) is 0. The molecule has 1 heterocycles. The van der Waals surface area contributed by atoms with Crippen molar-refractivity contribution in [3.05, 3.63) is 59.3 Å². The summed E-state index contributed by atoms with van der Waals surface area (Å²) in [4.78, 5) is 0. The fourth-order valence-electron chi connectivity index (χ4n) is 2.79. The Morgan fingerprint density at radius 3 is 2.50 bits per heavy atom. The van der Waals surface area contributed by atoms with Crippen molar-refractivity contribution >= 4 is 10.9 Å². The van der Waals surface area contributed by atoms with Gasteiger partial charge in [-0.1, -0.05) is 51.1 Å². The van der Waals surface area contributed by atoms with Gasteiger partial charge in [0.15, 0.2) is 0 Å². The van der Waals surface area contributed by atoms with E-state index in [0.29, 0.717) is 6.61 Å². The highest BCUT2D eigenvalue weighted by molar-refractivity contribution is 5.87. The Balaban J connectivity index is 1.79. The Bertz CT molecular complexity index is 813. The first-order valence-corrected chi connectivity index (χ1v) is 8.32. The number of nitrogens with zero attached hydrogens (tertiary/aromatic N) is 1. The second kappa shape index (κ2) is 6.65. The van der Waals surface area contributed by atoms with Gasteiger partial charge >= 0.3 is 0 Å². The van der Waals surface area contributed by atoms with Crippen LogP contribution in [-0.4, -0.2) is 17.2 Å². The topological polar surface area (TPSA) is 49.9 Å². The second-order valence-electron chi connectivity index (χ2n) is 7.12. The summed E-state index contributed by atoms with van der Waals surface area (Å²) in [5, 5.41) is 11.6.